The zero-order chi connectivity index (χ0) is 18.4. The molecule has 2 aromatic rings. The fraction of sp³-hybridized carbons (Fsp3) is 0.235. The zero-order valence-corrected chi connectivity index (χ0v) is 13.9. The lowest BCUT2D eigenvalue weighted by Crippen LogP contribution is -2.13. The van der Waals surface area contributed by atoms with Crippen molar-refractivity contribution in [3.8, 4) is 11.5 Å². The molecule has 0 atom stereocenters. The van der Waals surface area contributed by atoms with Gasteiger partial charge in [0.15, 0.2) is 11.5 Å². The number of carbonyl (C=O) groups excluding carboxylic acids is 1. The van der Waals surface area contributed by atoms with Crippen LogP contribution in [0.25, 0.3) is 0 Å². The fourth-order valence-electron chi connectivity index (χ4n) is 2.18. The van der Waals surface area contributed by atoms with E-state index in [4.69, 9.17) is 15.2 Å². The summed E-state index contributed by atoms with van der Waals surface area (Å²) in [4.78, 5) is 22.6. The molecule has 0 aromatic heterocycles. The predicted molar refractivity (Wildman–Crippen MR) is 94.2 cm³/mol. The van der Waals surface area contributed by atoms with Crippen LogP contribution in [0.1, 0.15) is 24.2 Å². The number of ether oxygens (including phenoxy) is 2. The van der Waals surface area contributed by atoms with E-state index in [2.05, 4.69) is 5.32 Å². The molecular formula is C17H19N3O5. The molecule has 2 aromatic carbocycles. The Bertz CT molecular complexity index is 792. The second kappa shape index (κ2) is 8.00. The Labute approximate surface area is 144 Å². The summed E-state index contributed by atoms with van der Waals surface area (Å²) in [6.45, 7) is 4.64. The first-order valence-electron chi connectivity index (χ1n) is 7.71. The van der Waals surface area contributed by atoms with Crippen molar-refractivity contribution in [1.82, 2.24) is 0 Å². The van der Waals surface area contributed by atoms with Gasteiger partial charge in [0.1, 0.15) is 5.69 Å². The summed E-state index contributed by atoms with van der Waals surface area (Å²) in [5.41, 5.74) is 5.84. The minimum Gasteiger partial charge on any atom is -0.490 e. The number of nitro benzene ring substituents is 1. The van der Waals surface area contributed by atoms with E-state index in [1.165, 1.54) is 12.1 Å². The average molecular weight is 345 g/mol. The highest BCUT2D eigenvalue weighted by Crippen LogP contribution is 2.31. The lowest BCUT2D eigenvalue weighted by molar-refractivity contribution is -0.383. The average Bonchev–Trinajstić information content (AvgIpc) is 2.57. The van der Waals surface area contributed by atoms with Crippen molar-refractivity contribution in [2.75, 3.05) is 24.3 Å². The van der Waals surface area contributed by atoms with Crippen LogP contribution < -0.4 is 20.5 Å². The Balaban J connectivity index is 2.24. The van der Waals surface area contributed by atoms with Crippen molar-refractivity contribution in [1.29, 1.82) is 0 Å². The van der Waals surface area contributed by atoms with Crippen LogP contribution in [-0.4, -0.2) is 24.0 Å². The van der Waals surface area contributed by atoms with E-state index in [9.17, 15) is 14.9 Å². The highest BCUT2D eigenvalue weighted by molar-refractivity contribution is 6.05. The number of hydrogen-bond acceptors (Lipinski definition) is 6. The summed E-state index contributed by atoms with van der Waals surface area (Å²) in [6.07, 6.45) is 0. The number of nitrogens with zero attached hydrogens (tertiary/aromatic N) is 1. The first-order chi connectivity index (χ1) is 12.0. The Morgan fingerprint density at radius 3 is 2.44 bits per heavy atom. The molecule has 0 aliphatic carbocycles. The molecule has 3 N–H and O–H groups in total. The molecule has 0 radical (unpaired) electrons. The lowest BCUT2D eigenvalue weighted by Gasteiger charge is -2.13. The van der Waals surface area contributed by atoms with Gasteiger partial charge in [-0.25, -0.2) is 0 Å². The van der Waals surface area contributed by atoms with Crippen molar-refractivity contribution in [3.63, 3.8) is 0 Å². The molecule has 1 amide bonds. The number of nitrogen functional groups attached to an aromatic ring is 1. The van der Waals surface area contributed by atoms with Crippen molar-refractivity contribution in [2.45, 2.75) is 13.8 Å². The van der Waals surface area contributed by atoms with Crippen LogP contribution in [0, 0.1) is 10.1 Å². The van der Waals surface area contributed by atoms with Crippen LogP contribution in [0.4, 0.5) is 17.1 Å². The highest BCUT2D eigenvalue weighted by Gasteiger charge is 2.16. The number of nitrogens with one attached hydrogen (secondary N) is 1. The van der Waals surface area contributed by atoms with Gasteiger partial charge in [-0.2, -0.15) is 0 Å². The maximum atomic E-state index is 12.3. The summed E-state index contributed by atoms with van der Waals surface area (Å²) >= 11 is 0. The molecule has 0 saturated carbocycles. The molecular weight excluding hydrogens is 326 g/mol. The second-order valence-corrected chi connectivity index (χ2v) is 5.01. The predicted octanol–water partition coefficient (Wildman–Crippen LogP) is 3.23. The van der Waals surface area contributed by atoms with Crippen LogP contribution in [0.5, 0.6) is 11.5 Å². The first-order valence-corrected chi connectivity index (χ1v) is 7.71. The fourth-order valence-corrected chi connectivity index (χ4v) is 2.18. The third kappa shape index (κ3) is 4.37. The standard InChI is InChI=1S/C17H19N3O5/c1-3-24-15-8-6-12(10-16(15)25-4-2)19-17(21)11-5-7-13(18)14(9-11)20(22)23/h5-10H,3-4,18H2,1-2H3,(H,19,21). The van der Waals surface area contributed by atoms with E-state index >= 15 is 0 Å². The van der Waals surface area contributed by atoms with Gasteiger partial charge < -0.3 is 20.5 Å². The van der Waals surface area contributed by atoms with Crippen molar-refractivity contribution >= 4 is 23.0 Å². The number of rotatable bonds is 7. The van der Waals surface area contributed by atoms with Gasteiger partial charge in [0, 0.05) is 23.4 Å². The number of nitrogens with two attached hydrogens (primary N) is 1. The van der Waals surface area contributed by atoms with Gasteiger partial charge in [0.25, 0.3) is 11.6 Å². The molecule has 8 heteroatoms. The monoisotopic (exact) mass is 345 g/mol. The highest BCUT2D eigenvalue weighted by atomic mass is 16.6. The molecule has 2 rings (SSSR count). The van der Waals surface area contributed by atoms with Crippen molar-refractivity contribution in [2.24, 2.45) is 0 Å². The van der Waals surface area contributed by atoms with Gasteiger partial charge in [-0.1, -0.05) is 0 Å². The minimum absolute atomic E-state index is 0.00116. The zero-order valence-electron chi connectivity index (χ0n) is 13.9. The second-order valence-electron chi connectivity index (χ2n) is 5.01. The molecule has 25 heavy (non-hydrogen) atoms. The summed E-state index contributed by atoms with van der Waals surface area (Å²) in [5.74, 6) is 0.589. The van der Waals surface area contributed by atoms with Crippen LogP contribution in [0.2, 0.25) is 0 Å². The molecule has 132 valence electrons. The number of benzene rings is 2. The van der Waals surface area contributed by atoms with E-state index in [0.717, 1.165) is 6.07 Å². The number of hydrogen-bond donors (Lipinski definition) is 2. The smallest absolute Gasteiger partial charge is 0.292 e. The number of amides is 1. The molecule has 0 aliphatic heterocycles. The normalized spacial score (nSPS) is 10.2. The quantitative estimate of drug-likeness (QED) is 0.452. The Morgan fingerprint density at radius 1 is 1.12 bits per heavy atom. The molecule has 0 fully saturated rings. The van der Waals surface area contributed by atoms with Gasteiger partial charge in [-0.05, 0) is 38.1 Å². The summed E-state index contributed by atoms with van der Waals surface area (Å²) in [6, 6.07) is 8.89. The van der Waals surface area contributed by atoms with Crippen molar-refractivity contribution in [3.05, 3.63) is 52.1 Å². The molecule has 0 saturated heterocycles. The molecule has 0 bridgehead atoms. The van der Waals surface area contributed by atoms with Crippen LogP contribution in [0.3, 0.4) is 0 Å². The molecule has 0 aliphatic rings. The molecule has 0 spiro atoms. The van der Waals surface area contributed by atoms with Gasteiger partial charge in [0.05, 0.1) is 18.1 Å². The largest absolute Gasteiger partial charge is 0.490 e. The van der Waals surface area contributed by atoms with Gasteiger partial charge >= 0.3 is 0 Å². The van der Waals surface area contributed by atoms with E-state index < -0.39 is 10.8 Å². The van der Waals surface area contributed by atoms with Gasteiger partial charge in [-0.3, -0.25) is 14.9 Å². The number of carbonyl (C=O) groups is 1. The maximum absolute atomic E-state index is 12.3. The summed E-state index contributed by atoms with van der Waals surface area (Å²) in [7, 11) is 0. The van der Waals surface area contributed by atoms with Crippen LogP contribution in [-0.2, 0) is 0 Å². The van der Waals surface area contributed by atoms with Gasteiger partial charge in [0.2, 0.25) is 0 Å². The van der Waals surface area contributed by atoms with Crippen molar-refractivity contribution < 1.29 is 19.2 Å². The molecule has 0 unspecified atom stereocenters. The number of nitro groups is 1. The van der Waals surface area contributed by atoms with E-state index in [0.29, 0.717) is 30.4 Å². The number of anilines is 2. The van der Waals surface area contributed by atoms with E-state index in [1.54, 1.807) is 18.2 Å². The third-order valence-electron chi connectivity index (χ3n) is 3.29. The Hall–Kier alpha value is -3.29. The molecule has 0 heterocycles. The topological polar surface area (TPSA) is 117 Å². The first kappa shape index (κ1) is 18.1. The molecule has 8 nitrogen and oxygen atoms in total. The van der Waals surface area contributed by atoms with E-state index in [1.807, 2.05) is 13.8 Å². The Morgan fingerprint density at radius 2 is 1.80 bits per heavy atom. The third-order valence-corrected chi connectivity index (χ3v) is 3.29. The van der Waals surface area contributed by atoms with E-state index in [-0.39, 0.29) is 16.9 Å². The van der Waals surface area contributed by atoms with Crippen LogP contribution in [0.15, 0.2) is 36.4 Å². The maximum Gasteiger partial charge on any atom is 0.292 e. The van der Waals surface area contributed by atoms with Gasteiger partial charge in [-0.15, -0.1) is 0 Å². The summed E-state index contributed by atoms with van der Waals surface area (Å²) < 4.78 is 11.0. The SMILES string of the molecule is CCOc1ccc(NC(=O)c2ccc(N)c([N+](=O)[O-])c2)cc1OCC. The van der Waals surface area contributed by atoms with Crippen LogP contribution >= 0.6 is 0 Å². The summed E-state index contributed by atoms with van der Waals surface area (Å²) in [5, 5.41) is 13.6. The minimum atomic E-state index is -0.629. The lowest BCUT2D eigenvalue weighted by atomic mass is 10.1. The Kier molecular flexibility index (Phi) is 5.78.